The molecule has 4 rings (SSSR count). The first-order valence-corrected chi connectivity index (χ1v) is 9.66. The van der Waals surface area contributed by atoms with Crippen LogP contribution in [0.15, 0.2) is 48.7 Å². The Balaban J connectivity index is 1.67. The second-order valence-electron chi connectivity index (χ2n) is 6.43. The van der Waals surface area contributed by atoms with Crippen LogP contribution in [0, 0.1) is 0 Å². The van der Waals surface area contributed by atoms with Crippen LogP contribution in [0.2, 0.25) is 0 Å². The van der Waals surface area contributed by atoms with E-state index in [9.17, 15) is 9.59 Å². The molecule has 0 atom stereocenters. The maximum Gasteiger partial charge on any atom is 0.275 e. The van der Waals surface area contributed by atoms with Gasteiger partial charge in [0.2, 0.25) is 5.91 Å². The van der Waals surface area contributed by atoms with Crippen LogP contribution in [-0.4, -0.2) is 38.6 Å². The normalized spacial score (nSPS) is 10.9. The number of aryl methyl sites for hydroxylation is 1. The summed E-state index contributed by atoms with van der Waals surface area (Å²) in [6.45, 7) is 1.52. The van der Waals surface area contributed by atoms with Gasteiger partial charge in [-0.05, 0) is 24.3 Å². The minimum absolute atomic E-state index is 0.0588. The molecule has 0 aliphatic carbocycles. The molecule has 0 bridgehead atoms. The van der Waals surface area contributed by atoms with Crippen molar-refractivity contribution < 1.29 is 9.59 Å². The summed E-state index contributed by atoms with van der Waals surface area (Å²) in [6.07, 6.45) is 1.57. The summed E-state index contributed by atoms with van der Waals surface area (Å²) in [4.78, 5) is 35.6. The van der Waals surface area contributed by atoms with Gasteiger partial charge in [-0.1, -0.05) is 29.5 Å². The third-order valence-corrected chi connectivity index (χ3v) is 5.42. The highest BCUT2D eigenvalue weighted by molar-refractivity contribution is 7.22. The number of hydrogen-bond donors (Lipinski definition) is 1. The molecule has 0 aliphatic heterocycles. The Bertz CT molecular complexity index is 1230. The Morgan fingerprint density at radius 2 is 1.90 bits per heavy atom. The first-order chi connectivity index (χ1) is 13.9. The van der Waals surface area contributed by atoms with Gasteiger partial charge in [-0.25, -0.2) is 9.97 Å². The number of anilines is 2. The molecule has 1 aromatic carbocycles. The number of amides is 2. The minimum atomic E-state index is -0.280. The number of carbonyl (C=O) groups is 2. The first kappa shape index (κ1) is 18.8. The first-order valence-electron chi connectivity index (χ1n) is 8.84. The fourth-order valence-electron chi connectivity index (χ4n) is 2.93. The van der Waals surface area contributed by atoms with E-state index < -0.39 is 0 Å². The predicted octanol–water partition coefficient (Wildman–Crippen LogP) is 3.33. The van der Waals surface area contributed by atoms with Crippen LogP contribution < -0.4 is 10.2 Å². The van der Waals surface area contributed by atoms with Crippen molar-refractivity contribution in [2.45, 2.75) is 6.92 Å². The molecule has 2 amide bonds. The van der Waals surface area contributed by atoms with Gasteiger partial charge in [0, 0.05) is 32.8 Å². The van der Waals surface area contributed by atoms with Crippen LogP contribution >= 0.6 is 11.3 Å². The topological polar surface area (TPSA) is 93.0 Å². The Labute approximate surface area is 170 Å². The van der Waals surface area contributed by atoms with Crippen molar-refractivity contribution in [3.63, 3.8) is 0 Å². The van der Waals surface area contributed by atoms with Crippen LogP contribution in [0.25, 0.3) is 21.6 Å². The van der Waals surface area contributed by atoms with Gasteiger partial charge in [0.25, 0.3) is 5.91 Å². The number of thiazole rings is 1. The molecular formula is C20H18N6O2S. The van der Waals surface area contributed by atoms with Crippen LogP contribution in [0.3, 0.4) is 0 Å². The monoisotopic (exact) mass is 406 g/mol. The van der Waals surface area contributed by atoms with Gasteiger partial charge in [0.15, 0.2) is 5.13 Å². The quantitative estimate of drug-likeness (QED) is 0.561. The highest BCUT2D eigenvalue weighted by atomic mass is 32.1. The zero-order chi connectivity index (χ0) is 20.5. The Morgan fingerprint density at radius 1 is 1.10 bits per heavy atom. The van der Waals surface area contributed by atoms with Crippen LogP contribution in [-0.2, 0) is 11.8 Å². The average Bonchev–Trinajstić information content (AvgIpc) is 3.31. The molecule has 8 nitrogen and oxygen atoms in total. The van der Waals surface area contributed by atoms with Gasteiger partial charge in [0.1, 0.15) is 16.0 Å². The van der Waals surface area contributed by atoms with Gasteiger partial charge >= 0.3 is 0 Å². The lowest BCUT2D eigenvalue weighted by Crippen LogP contribution is -2.23. The summed E-state index contributed by atoms with van der Waals surface area (Å²) in [6, 6.07) is 13.0. The molecule has 3 aromatic heterocycles. The van der Waals surface area contributed by atoms with Crippen LogP contribution in [0.4, 0.5) is 10.8 Å². The number of rotatable bonds is 4. The molecule has 3 heterocycles. The number of nitrogens with one attached hydrogen (secondary N) is 1. The van der Waals surface area contributed by atoms with Gasteiger partial charge < -0.3 is 4.90 Å². The maximum absolute atomic E-state index is 12.4. The predicted molar refractivity (Wildman–Crippen MR) is 113 cm³/mol. The van der Waals surface area contributed by atoms with E-state index in [1.807, 2.05) is 36.4 Å². The number of pyridine rings is 1. The van der Waals surface area contributed by atoms with Crippen LogP contribution in [0.5, 0.6) is 0 Å². The fraction of sp³-hybridized carbons (Fsp3) is 0.150. The Kier molecular flexibility index (Phi) is 4.81. The summed E-state index contributed by atoms with van der Waals surface area (Å²) in [5, 5.41) is 7.26. The smallest absolute Gasteiger partial charge is 0.275 e. The SMILES string of the molecule is CC(=O)N(C)c1ccccc1-c1ccc2nc(NC(=O)c3ccnn3C)sc2n1. The van der Waals surface area contributed by atoms with Crippen molar-refractivity contribution in [2.24, 2.45) is 7.05 Å². The molecule has 0 aliphatic rings. The van der Waals surface area contributed by atoms with Crippen molar-refractivity contribution in [1.29, 1.82) is 0 Å². The maximum atomic E-state index is 12.4. The van der Waals surface area contributed by atoms with Crippen molar-refractivity contribution in [3.8, 4) is 11.3 Å². The highest BCUT2D eigenvalue weighted by Gasteiger charge is 2.16. The summed E-state index contributed by atoms with van der Waals surface area (Å²) in [7, 11) is 3.44. The number of fused-ring (bicyclic) bond motifs is 1. The number of aromatic nitrogens is 4. The van der Waals surface area contributed by atoms with E-state index in [2.05, 4.69) is 15.4 Å². The molecule has 146 valence electrons. The van der Waals surface area contributed by atoms with Gasteiger partial charge in [0.05, 0.1) is 11.4 Å². The zero-order valence-electron chi connectivity index (χ0n) is 16.1. The van der Waals surface area contributed by atoms with E-state index in [0.717, 1.165) is 16.9 Å². The lowest BCUT2D eigenvalue weighted by atomic mass is 10.1. The van der Waals surface area contributed by atoms with Crippen molar-refractivity contribution >= 4 is 44.3 Å². The number of hydrogen-bond acceptors (Lipinski definition) is 6. The fourth-order valence-corrected chi connectivity index (χ4v) is 3.76. The van der Waals surface area contributed by atoms with E-state index >= 15 is 0 Å². The molecule has 0 fully saturated rings. The Hall–Kier alpha value is -3.59. The van der Waals surface area contributed by atoms with Gasteiger partial charge in [-0.15, -0.1) is 0 Å². The molecular weight excluding hydrogens is 388 g/mol. The molecule has 0 saturated heterocycles. The molecule has 0 saturated carbocycles. The van der Waals surface area contributed by atoms with Crippen molar-refractivity contribution in [3.05, 3.63) is 54.4 Å². The highest BCUT2D eigenvalue weighted by Crippen LogP contribution is 2.32. The van der Waals surface area contributed by atoms with Crippen molar-refractivity contribution in [2.75, 3.05) is 17.3 Å². The largest absolute Gasteiger partial charge is 0.315 e. The van der Waals surface area contributed by atoms with E-state index in [1.165, 1.54) is 22.9 Å². The molecule has 0 spiro atoms. The summed E-state index contributed by atoms with van der Waals surface area (Å²) in [5.41, 5.74) is 3.49. The zero-order valence-corrected chi connectivity index (χ0v) is 16.9. The van der Waals surface area contributed by atoms with E-state index in [1.54, 1.807) is 31.3 Å². The standard InChI is InChI=1S/C20H18N6O2S/c1-12(27)25(2)16-7-5-4-6-13(16)14-8-9-15-19(22-14)29-20(23-15)24-18(28)17-10-11-21-26(17)3/h4-11H,1-3H3,(H,23,24,28). The van der Waals surface area contributed by atoms with Crippen molar-refractivity contribution in [1.82, 2.24) is 19.7 Å². The number of benzene rings is 1. The molecule has 0 unspecified atom stereocenters. The minimum Gasteiger partial charge on any atom is -0.315 e. The lowest BCUT2D eigenvalue weighted by Gasteiger charge is -2.18. The third-order valence-electron chi connectivity index (χ3n) is 4.54. The van der Waals surface area contributed by atoms with Gasteiger partial charge in [-0.2, -0.15) is 5.10 Å². The third kappa shape index (κ3) is 3.59. The van der Waals surface area contributed by atoms with E-state index in [4.69, 9.17) is 4.98 Å². The van der Waals surface area contributed by atoms with E-state index in [-0.39, 0.29) is 11.8 Å². The summed E-state index contributed by atoms with van der Waals surface area (Å²) < 4.78 is 1.50. The second-order valence-corrected chi connectivity index (χ2v) is 7.41. The molecule has 4 aromatic rings. The molecule has 1 N–H and O–H groups in total. The van der Waals surface area contributed by atoms with Crippen LogP contribution in [0.1, 0.15) is 17.4 Å². The lowest BCUT2D eigenvalue weighted by molar-refractivity contribution is -0.116. The molecule has 9 heteroatoms. The van der Waals surface area contributed by atoms with E-state index in [0.29, 0.717) is 21.2 Å². The molecule has 29 heavy (non-hydrogen) atoms. The Morgan fingerprint density at radius 3 is 2.62 bits per heavy atom. The molecule has 0 radical (unpaired) electrons. The number of para-hydroxylation sites is 1. The summed E-state index contributed by atoms with van der Waals surface area (Å²) in [5.74, 6) is -0.339. The number of carbonyl (C=O) groups excluding carboxylic acids is 2. The van der Waals surface area contributed by atoms with Gasteiger partial charge in [-0.3, -0.25) is 19.6 Å². The average molecular weight is 406 g/mol. The second kappa shape index (κ2) is 7.44. The number of nitrogens with zero attached hydrogens (tertiary/aromatic N) is 5. The summed E-state index contributed by atoms with van der Waals surface area (Å²) >= 11 is 1.29.